The third-order valence-corrected chi connectivity index (χ3v) is 6.59. The minimum absolute atomic E-state index is 0.171. The van der Waals surface area contributed by atoms with Crippen molar-refractivity contribution in [3.63, 3.8) is 0 Å². The number of carbonyl (C=O) groups is 1. The molecule has 2 fully saturated rings. The third kappa shape index (κ3) is 5.22. The molecule has 2 aliphatic rings. The van der Waals surface area contributed by atoms with Crippen molar-refractivity contribution in [1.82, 2.24) is 10.2 Å². The van der Waals surface area contributed by atoms with E-state index in [2.05, 4.69) is 10.2 Å². The number of benzene rings is 1. The van der Waals surface area contributed by atoms with Crippen LogP contribution in [0.3, 0.4) is 0 Å². The number of rotatable bonds is 7. The van der Waals surface area contributed by atoms with Crippen LogP contribution in [0, 0.1) is 5.41 Å². The van der Waals surface area contributed by atoms with Gasteiger partial charge in [0.2, 0.25) is 0 Å². The van der Waals surface area contributed by atoms with Crippen LogP contribution >= 0.6 is 11.6 Å². The van der Waals surface area contributed by atoms with Crippen molar-refractivity contribution < 1.29 is 14.1 Å². The predicted octanol–water partition coefficient (Wildman–Crippen LogP) is 2.29. The van der Waals surface area contributed by atoms with Crippen LogP contribution in [0.1, 0.15) is 36.0 Å². The number of halogens is 1. The Morgan fingerprint density at radius 3 is 2.78 bits per heavy atom. The van der Waals surface area contributed by atoms with Gasteiger partial charge in [-0.15, -0.1) is 0 Å². The number of amides is 1. The molecule has 0 saturated carbocycles. The first kappa shape index (κ1) is 20.6. The number of nitrogens with one attached hydrogen (secondary N) is 1. The van der Waals surface area contributed by atoms with Crippen LogP contribution in [0.15, 0.2) is 12.1 Å². The van der Waals surface area contributed by atoms with Gasteiger partial charge in [-0.05, 0) is 44.8 Å². The summed E-state index contributed by atoms with van der Waals surface area (Å²) < 4.78 is 16.9. The number of carbonyl (C=O) groups excluding carboxylic acids is 1. The molecule has 6 nitrogen and oxygen atoms in total. The average molecular weight is 414 g/mol. The van der Waals surface area contributed by atoms with Crippen LogP contribution in [-0.2, 0) is 11.2 Å². The van der Waals surface area contributed by atoms with E-state index in [0.29, 0.717) is 34.3 Å². The highest BCUT2D eigenvalue weighted by Crippen LogP contribution is 2.38. The van der Waals surface area contributed by atoms with E-state index in [1.54, 1.807) is 18.4 Å². The van der Waals surface area contributed by atoms with E-state index in [4.69, 9.17) is 22.1 Å². The molecule has 1 unspecified atom stereocenters. The number of fused-ring (bicyclic) bond motifs is 2. The number of hydrogen-bond donors (Lipinski definition) is 2. The summed E-state index contributed by atoms with van der Waals surface area (Å²) in [5.41, 5.74) is 6.77. The second-order valence-electron chi connectivity index (χ2n) is 7.66. The molecule has 2 aliphatic heterocycles. The van der Waals surface area contributed by atoms with Crippen molar-refractivity contribution in [2.75, 3.05) is 50.5 Å². The van der Waals surface area contributed by atoms with Crippen molar-refractivity contribution in [3.8, 4) is 5.75 Å². The molecule has 0 aromatic heterocycles. The summed E-state index contributed by atoms with van der Waals surface area (Å²) in [4.78, 5) is 15.4. The highest BCUT2D eigenvalue weighted by molar-refractivity contribution is 7.90. The minimum atomic E-state index is -0.964. The molecule has 1 aromatic rings. The summed E-state index contributed by atoms with van der Waals surface area (Å²) in [6.07, 6.45) is 6.29. The first-order chi connectivity index (χ1) is 12.9. The molecule has 1 aromatic carbocycles. The van der Waals surface area contributed by atoms with Crippen molar-refractivity contribution in [2.45, 2.75) is 25.7 Å². The Morgan fingerprint density at radius 2 is 2.11 bits per heavy atom. The van der Waals surface area contributed by atoms with E-state index >= 15 is 0 Å². The van der Waals surface area contributed by atoms with Gasteiger partial charge in [0.25, 0.3) is 5.91 Å². The van der Waals surface area contributed by atoms with E-state index in [1.165, 1.54) is 25.9 Å². The molecule has 1 amide bonds. The number of nitrogens with two attached hydrogens (primary N) is 1. The van der Waals surface area contributed by atoms with E-state index in [0.717, 1.165) is 19.4 Å². The fourth-order valence-electron chi connectivity index (χ4n) is 4.11. The van der Waals surface area contributed by atoms with Crippen molar-refractivity contribution in [3.05, 3.63) is 22.7 Å². The van der Waals surface area contributed by atoms with Crippen molar-refractivity contribution in [1.29, 1.82) is 0 Å². The molecule has 2 bridgehead atoms. The smallest absolute Gasteiger partial charge is 0.255 e. The largest absolute Gasteiger partial charge is 0.616 e. The van der Waals surface area contributed by atoms with Gasteiger partial charge in [0.15, 0.2) is 0 Å². The van der Waals surface area contributed by atoms with Crippen molar-refractivity contribution in [2.24, 2.45) is 5.41 Å². The summed E-state index contributed by atoms with van der Waals surface area (Å²) in [6.45, 7) is 4.30. The zero-order valence-corrected chi connectivity index (χ0v) is 17.3. The van der Waals surface area contributed by atoms with Crippen LogP contribution < -0.4 is 15.8 Å². The Labute approximate surface area is 168 Å². The van der Waals surface area contributed by atoms with Crippen LogP contribution in [0.2, 0.25) is 5.02 Å². The van der Waals surface area contributed by atoms with Gasteiger partial charge in [0, 0.05) is 24.6 Å². The number of ether oxygens (including phenoxy) is 1. The lowest BCUT2D eigenvalue weighted by molar-refractivity contribution is 0.0369. The van der Waals surface area contributed by atoms with Crippen LogP contribution in [0.25, 0.3) is 0 Å². The lowest BCUT2D eigenvalue weighted by atomic mass is 9.73. The Hall–Kier alpha value is -1.15. The van der Waals surface area contributed by atoms with Gasteiger partial charge in [-0.25, -0.2) is 0 Å². The predicted molar refractivity (Wildman–Crippen MR) is 110 cm³/mol. The first-order valence-electron chi connectivity index (χ1n) is 9.41. The quantitative estimate of drug-likeness (QED) is 0.528. The Balaban J connectivity index is 1.68. The van der Waals surface area contributed by atoms with Gasteiger partial charge < -0.3 is 25.2 Å². The fraction of sp³-hybridized carbons (Fsp3) is 0.632. The number of anilines is 1. The topological polar surface area (TPSA) is 90.6 Å². The van der Waals surface area contributed by atoms with E-state index in [-0.39, 0.29) is 17.9 Å². The number of hydrogen-bond acceptors (Lipinski definition) is 5. The molecule has 8 heteroatoms. The summed E-state index contributed by atoms with van der Waals surface area (Å²) in [6, 6.07) is 3.12. The van der Waals surface area contributed by atoms with Crippen LogP contribution in [-0.4, -0.2) is 60.2 Å². The second-order valence-corrected chi connectivity index (χ2v) is 9.62. The average Bonchev–Trinajstić information content (AvgIpc) is 2.62. The van der Waals surface area contributed by atoms with E-state index in [1.807, 2.05) is 0 Å². The maximum Gasteiger partial charge on any atom is 0.255 e. The highest BCUT2D eigenvalue weighted by Gasteiger charge is 2.38. The lowest BCUT2D eigenvalue weighted by Crippen LogP contribution is -2.52. The van der Waals surface area contributed by atoms with Gasteiger partial charge in [-0.2, -0.15) is 0 Å². The lowest BCUT2D eigenvalue weighted by Gasteiger charge is -2.47. The standard InChI is InChI=1S/C19H28ClN3O3S/c1-27(25)9-8-26-17-11-16(21)15(20)10-14(17)18(24)22-12-19-4-2-6-23(13-19)7-3-5-19/h10-11H,2-9,12-13,21H2,1H3,(H,22,24). The molecule has 150 valence electrons. The van der Waals surface area contributed by atoms with Crippen molar-refractivity contribution >= 4 is 34.4 Å². The minimum Gasteiger partial charge on any atom is -0.616 e. The first-order valence-corrected chi connectivity index (χ1v) is 11.5. The molecule has 2 saturated heterocycles. The fourth-order valence-corrected chi connectivity index (χ4v) is 4.60. The molecule has 1 atom stereocenters. The summed E-state index contributed by atoms with van der Waals surface area (Å²) in [5, 5.41) is 3.42. The molecule has 27 heavy (non-hydrogen) atoms. The SMILES string of the molecule is C[S+]([O-])CCOc1cc(N)c(Cl)cc1C(=O)NCC12CCCN(CCC1)C2. The van der Waals surface area contributed by atoms with Gasteiger partial charge in [-0.1, -0.05) is 22.8 Å². The summed E-state index contributed by atoms with van der Waals surface area (Å²) in [7, 11) is 0. The summed E-state index contributed by atoms with van der Waals surface area (Å²) in [5.74, 6) is 0.565. The highest BCUT2D eigenvalue weighted by atomic mass is 35.5. The van der Waals surface area contributed by atoms with Gasteiger partial charge in [0.1, 0.15) is 18.1 Å². The number of nitrogen functional groups attached to an aromatic ring is 1. The molecule has 0 spiro atoms. The monoisotopic (exact) mass is 413 g/mol. The van der Waals surface area contributed by atoms with E-state index in [9.17, 15) is 9.35 Å². The molecule has 3 rings (SSSR count). The maximum absolute atomic E-state index is 12.9. The molecular formula is C19H28ClN3O3S. The third-order valence-electron chi connectivity index (χ3n) is 5.52. The van der Waals surface area contributed by atoms with E-state index < -0.39 is 11.2 Å². The van der Waals surface area contributed by atoms with Crippen LogP contribution in [0.5, 0.6) is 5.75 Å². The van der Waals surface area contributed by atoms with Gasteiger partial charge in [-0.3, -0.25) is 4.79 Å². The molecule has 2 heterocycles. The normalized spacial score (nSPS) is 25.7. The molecule has 0 radical (unpaired) electrons. The Bertz CT molecular complexity index is 676. The van der Waals surface area contributed by atoms with Gasteiger partial charge >= 0.3 is 0 Å². The Morgan fingerprint density at radius 1 is 1.41 bits per heavy atom. The zero-order valence-electron chi connectivity index (χ0n) is 15.8. The second kappa shape index (κ2) is 8.90. The molecule has 0 aliphatic carbocycles. The molecule has 3 N–H and O–H groups in total. The van der Waals surface area contributed by atoms with Crippen LogP contribution in [0.4, 0.5) is 5.69 Å². The molecular weight excluding hydrogens is 386 g/mol. The Kier molecular flexibility index (Phi) is 6.78. The number of nitrogens with zero attached hydrogens (tertiary/aromatic N) is 1. The maximum atomic E-state index is 12.9. The van der Waals surface area contributed by atoms with Gasteiger partial charge in [0.05, 0.1) is 22.5 Å². The zero-order chi connectivity index (χ0) is 19.4. The summed E-state index contributed by atoms with van der Waals surface area (Å²) >= 11 is 5.17. The number of piperidine rings is 2.